The van der Waals surface area contributed by atoms with Gasteiger partial charge in [-0.1, -0.05) is 34.1 Å². The van der Waals surface area contributed by atoms with Crippen LogP contribution in [0.3, 0.4) is 0 Å². The zero-order valence-corrected chi connectivity index (χ0v) is 13.3. The first-order valence-corrected chi connectivity index (χ1v) is 7.66. The molecular formula is C15H30F4O. The van der Waals surface area contributed by atoms with Crippen LogP contribution in [0.2, 0.25) is 0 Å². The predicted molar refractivity (Wildman–Crippen MR) is 75.7 cm³/mol. The Hall–Kier alpha value is -0.320. The molecule has 0 aromatic heterocycles. The number of alkyl halides is 4. The van der Waals surface area contributed by atoms with Crippen LogP contribution in [0.1, 0.15) is 72.6 Å². The lowest BCUT2D eigenvalue weighted by atomic mass is 10.0. The van der Waals surface area contributed by atoms with E-state index >= 15 is 0 Å². The van der Waals surface area contributed by atoms with Gasteiger partial charge in [0.2, 0.25) is 5.92 Å². The molecular weight excluding hydrogens is 272 g/mol. The molecule has 0 N–H and O–H groups in total. The van der Waals surface area contributed by atoms with Gasteiger partial charge in [0.1, 0.15) is 0 Å². The first-order chi connectivity index (χ1) is 9.33. The van der Waals surface area contributed by atoms with Crippen LogP contribution in [0.25, 0.3) is 0 Å². The molecule has 0 atom stereocenters. The first kappa shape index (κ1) is 22.0. The highest BCUT2D eigenvalue weighted by Gasteiger charge is 2.35. The van der Waals surface area contributed by atoms with Crippen molar-refractivity contribution in [1.82, 2.24) is 0 Å². The third-order valence-electron chi connectivity index (χ3n) is 2.71. The fourth-order valence-electron chi connectivity index (χ4n) is 1.52. The van der Waals surface area contributed by atoms with E-state index in [1.807, 2.05) is 20.8 Å². The second-order valence-electron chi connectivity index (χ2n) is 4.68. The molecule has 0 saturated carbocycles. The molecule has 0 aliphatic rings. The molecule has 0 unspecified atom stereocenters. The summed E-state index contributed by atoms with van der Waals surface area (Å²) in [6.45, 7) is 8.05. The summed E-state index contributed by atoms with van der Waals surface area (Å²) < 4.78 is 58.0. The maximum Gasteiger partial charge on any atom is 0.250 e. The van der Waals surface area contributed by atoms with E-state index in [0.29, 0.717) is 19.4 Å². The minimum atomic E-state index is -3.05. The first-order valence-electron chi connectivity index (χ1n) is 7.66. The van der Waals surface area contributed by atoms with Crippen LogP contribution in [0, 0.1) is 0 Å². The lowest BCUT2D eigenvalue weighted by Gasteiger charge is -2.21. The molecule has 0 aromatic carbocycles. The van der Waals surface area contributed by atoms with Gasteiger partial charge in [-0.15, -0.1) is 0 Å². The molecule has 0 radical (unpaired) electrons. The summed E-state index contributed by atoms with van der Waals surface area (Å²) in [5.74, 6) is -6.02. The van der Waals surface area contributed by atoms with E-state index in [2.05, 4.69) is 0 Å². The van der Waals surface area contributed by atoms with Crippen LogP contribution in [-0.4, -0.2) is 25.1 Å². The highest BCUT2D eigenvalue weighted by atomic mass is 19.3. The average Bonchev–Trinajstić information content (AvgIpc) is 2.42. The van der Waals surface area contributed by atoms with Gasteiger partial charge in [0.15, 0.2) is 0 Å². The number of halogens is 4. The van der Waals surface area contributed by atoms with Crippen LogP contribution in [0.4, 0.5) is 17.6 Å². The Morgan fingerprint density at radius 1 is 0.700 bits per heavy atom. The van der Waals surface area contributed by atoms with E-state index in [0.717, 1.165) is 6.42 Å². The monoisotopic (exact) mass is 302 g/mol. The van der Waals surface area contributed by atoms with E-state index in [-0.39, 0.29) is 13.0 Å². The van der Waals surface area contributed by atoms with Crippen LogP contribution in [0.15, 0.2) is 0 Å². The van der Waals surface area contributed by atoms with Crippen molar-refractivity contribution in [3.8, 4) is 0 Å². The number of hydrogen-bond donors (Lipinski definition) is 0. The molecule has 5 heteroatoms. The summed E-state index contributed by atoms with van der Waals surface area (Å²) in [5.41, 5.74) is 0. The zero-order valence-electron chi connectivity index (χ0n) is 13.3. The molecule has 1 nitrogen and oxygen atoms in total. The van der Waals surface area contributed by atoms with E-state index in [1.165, 1.54) is 0 Å². The lowest BCUT2D eigenvalue weighted by Crippen LogP contribution is -2.24. The third-order valence-corrected chi connectivity index (χ3v) is 2.71. The molecule has 0 bridgehead atoms. The Bertz CT molecular complexity index is 208. The van der Waals surface area contributed by atoms with Crippen molar-refractivity contribution in [2.24, 2.45) is 0 Å². The van der Waals surface area contributed by atoms with Crippen molar-refractivity contribution in [2.45, 2.75) is 84.5 Å². The summed E-state index contributed by atoms with van der Waals surface area (Å²) in [6, 6.07) is 0. The Morgan fingerprint density at radius 2 is 1.20 bits per heavy atom. The van der Waals surface area contributed by atoms with Crippen molar-refractivity contribution in [3.63, 3.8) is 0 Å². The van der Waals surface area contributed by atoms with E-state index in [9.17, 15) is 17.6 Å². The molecule has 0 rings (SSSR count). The van der Waals surface area contributed by atoms with Crippen molar-refractivity contribution in [2.75, 3.05) is 13.2 Å². The minimum Gasteiger partial charge on any atom is -0.381 e. The van der Waals surface area contributed by atoms with Crippen molar-refractivity contribution >= 4 is 0 Å². The number of unbranched alkanes of at least 4 members (excludes halogenated alkanes) is 1. The standard InChI is InChI=1S/C13H24F4O.C2H6/c1-3-5-6-12(14,15)7-8-13(16,17)9-11-18-10-4-2;1-2/h3-11H2,1-2H3;1-2H3. The maximum absolute atomic E-state index is 13.3. The third kappa shape index (κ3) is 14.1. The second kappa shape index (κ2) is 12.4. The number of rotatable bonds is 11. The Labute approximate surface area is 121 Å². The van der Waals surface area contributed by atoms with Crippen LogP contribution >= 0.6 is 0 Å². The quantitative estimate of drug-likeness (QED) is 0.332. The van der Waals surface area contributed by atoms with Gasteiger partial charge in [0.25, 0.3) is 5.92 Å². The lowest BCUT2D eigenvalue weighted by molar-refractivity contribution is -0.0802. The fourth-order valence-corrected chi connectivity index (χ4v) is 1.52. The maximum atomic E-state index is 13.3. The van der Waals surface area contributed by atoms with Gasteiger partial charge in [0, 0.05) is 32.3 Å². The highest BCUT2D eigenvalue weighted by molar-refractivity contribution is 4.73. The van der Waals surface area contributed by atoms with E-state index in [1.54, 1.807) is 6.92 Å². The summed E-state index contributed by atoms with van der Waals surface area (Å²) in [6.07, 6.45) is -0.495. The van der Waals surface area contributed by atoms with Crippen molar-refractivity contribution in [1.29, 1.82) is 0 Å². The molecule has 0 fully saturated rings. The van der Waals surface area contributed by atoms with Crippen molar-refractivity contribution < 1.29 is 22.3 Å². The van der Waals surface area contributed by atoms with Crippen LogP contribution in [-0.2, 0) is 4.74 Å². The molecule has 0 saturated heterocycles. The molecule has 0 amide bonds. The number of hydrogen-bond acceptors (Lipinski definition) is 1. The smallest absolute Gasteiger partial charge is 0.250 e. The summed E-state index contributed by atoms with van der Waals surface area (Å²) in [4.78, 5) is 0. The fraction of sp³-hybridized carbons (Fsp3) is 1.00. The highest BCUT2D eigenvalue weighted by Crippen LogP contribution is 2.33. The molecule has 124 valence electrons. The molecule has 20 heavy (non-hydrogen) atoms. The van der Waals surface area contributed by atoms with Gasteiger partial charge in [-0.05, 0) is 12.8 Å². The Kier molecular flexibility index (Phi) is 13.6. The molecule has 0 aromatic rings. The average molecular weight is 302 g/mol. The van der Waals surface area contributed by atoms with Gasteiger partial charge in [-0.3, -0.25) is 0 Å². The van der Waals surface area contributed by atoms with Gasteiger partial charge < -0.3 is 4.74 Å². The van der Waals surface area contributed by atoms with Crippen molar-refractivity contribution in [3.05, 3.63) is 0 Å². The van der Waals surface area contributed by atoms with Gasteiger partial charge in [0.05, 0.1) is 6.61 Å². The topological polar surface area (TPSA) is 9.23 Å². The van der Waals surface area contributed by atoms with Crippen LogP contribution in [0.5, 0.6) is 0 Å². The minimum absolute atomic E-state index is 0.0681. The zero-order chi connectivity index (χ0) is 16.1. The molecule has 0 aliphatic heterocycles. The SMILES string of the molecule is CC.CCCCC(F)(F)CCC(F)(F)CCOCCC. The predicted octanol–water partition coefficient (Wildman–Crippen LogP) is 6.07. The molecule has 0 aliphatic carbocycles. The van der Waals surface area contributed by atoms with Gasteiger partial charge in [-0.2, -0.15) is 0 Å². The Balaban J connectivity index is 0. The molecule has 0 spiro atoms. The normalized spacial score (nSPS) is 12.0. The van der Waals surface area contributed by atoms with E-state index in [4.69, 9.17) is 4.74 Å². The molecule has 0 heterocycles. The van der Waals surface area contributed by atoms with E-state index < -0.39 is 31.1 Å². The Morgan fingerprint density at radius 3 is 1.65 bits per heavy atom. The summed E-state index contributed by atoms with van der Waals surface area (Å²) in [7, 11) is 0. The summed E-state index contributed by atoms with van der Waals surface area (Å²) >= 11 is 0. The summed E-state index contributed by atoms with van der Waals surface area (Å²) in [5, 5.41) is 0. The second-order valence-corrected chi connectivity index (χ2v) is 4.68. The van der Waals surface area contributed by atoms with Gasteiger partial charge in [-0.25, -0.2) is 17.6 Å². The van der Waals surface area contributed by atoms with Crippen LogP contribution < -0.4 is 0 Å². The van der Waals surface area contributed by atoms with Gasteiger partial charge >= 0.3 is 0 Å². The largest absolute Gasteiger partial charge is 0.381 e. The number of ether oxygens (including phenoxy) is 1.